The van der Waals surface area contributed by atoms with E-state index in [0.717, 1.165) is 11.3 Å². The van der Waals surface area contributed by atoms with Gasteiger partial charge in [-0.25, -0.2) is 0 Å². The zero-order valence-corrected chi connectivity index (χ0v) is 16.6. The van der Waals surface area contributed by atoms with Crippen molar-refractivity contribution in [3.8, 4) is 11.5 Å². The molecule has 1 saturated heterocycles. The highest BCUT2D eigenvalue weighted by Crippen LogP contribution is 2.52. The van der Waals surface area contributed by atoms with Crippen molar-refractivity contribution in [1.82, 2.24) is 4.90 Å². The Kier molecular flexibility index (Phi) is 5.19. The second-order valence-electron chi connectivity index (χ2n) is 7.54. The highest BCUT2D eigenvalue weighted by Gasteiger charge is 2.59. The molecule has 9 nitrogen and oxygen atoms in total. The number of ether oxygens (including phenoxy) is 3. The molecule has 3 amide bonds. The molecule has 0 spiro atoms. The summed E-state index contributed by atoms with van der Waals surface area (Å²) in [5.41, 5.74) is 0.360. The third-order valence-corrected chi connectivity index (χ3v) is 5.89. The lowest BCUT2D eigenvalue weighted by molar-refractivity contribution is -0.154. The van der Waals surface area contributed by atoms with Gasteiger partial charge in [-0.3, -0.25) is 24.1 Å². The number of imide groups is 1. The van der Waals surface area contributed by atoms with E-state index in [9.17, 15) is 19.2 Å². The Labute approximate surface area is 172 Å². The topological polar surface area (TPSA) is 111 Å². The van der Waals surface area contributed by atoms with Crippen molar-refractivity contribution in [3.05, 3.63) is 30.4 Å². The molecule has 1 aromatic rings. The van der Waals surface area contributed by atoms with Crippen molar-refractivity contribution in [2.24, 2.45) is 23.7 Å². The van der Waals surface area contributed by atoms with Crippen LogP contribution >= 0.6 is 0 Å². The van der Waals surface area contributed by atoms with Gasteiger partial charge in [0, 0.05) is 6.07 Å². The first kappa shape index (κ1) is 19.9. The number of rotatable bonds is 7. The van der Waals surface area contributed by atoms with Crippen LogP contribution in [0.2, 0.25) is 0 Å². The van der Waals surface area contributed by atoms with Crippen LogP contribution in [0.5, 0.6) is 11.5 Å². The van der Waals surface area contributed by atoms with E-state index >= 15 is 0 Å². The van der Waals surface area contributed by atoms with E-state index in [2.05, 4.69) is 5.32 Å². The third kappa shape index (κ3) is 3.40. The number of allylic oxidation sites excluding steroid dienone is 2. The zero-order chi connectivity index (χ0) is 21.4. The van der Waals surface area contributed by atoms with Crippen molar-refractivity contribution in [3.63, 3.8) is 0 Å². The molecule has 9 heteroatoms. The molecule has 1 saturated carbocycles. The number of methoxy groups -OCH3 is 2. The van der Waals surface area contributed by atoms with Crippen LogP contribution in [-0.4, -0.2) is 56.0 Å². The van der Waals surface area contributed by atoms with E-state index in [0.29, 0.717) is 17.2 Å². The Bertz CT molecular complexity index is 911. The molecule has 1 aliphatic heterocycles. The molecule has 30 heavy (non-hydrogen) atoms. The van der Waals surface area contributed by atoms with Crippen LogP contribution in [0.3, 0.4) is 0 Å². The van der Waals surface area contributed by atoms with Crippen molar-refractivity contribution in [1.29, 1.82) is 0 Å². The number of hydrogen-bond acceptors (Lipinski definition) is 7. The number of amides is 3. The Morgan fingerprint density at radius 2 is 1.73 bits per heavy atom. The fourth-order valence-corrected chi connectivity index (χ4v) is 4.54. The van der Waals surface area contributed by atoms with Crippen LogP contribution in [0.4, 0.5) is 5.69 Å². The summed E-state index contributed by atoms with van der Waals surface area (Å²) in [4.78, 5) is 50.5. The van der Waals surface area contributed by atoms with Crippen molar-refractivity contribution in [2.75, 3.05) is 32.7 Å². The SMILES string of the molecule is COc1ccc(OC)c(NC(=O)COC(=O)CN2C(=O)[C@@H]3[C@@H](C2=O)[C@H]2C=C[C@H]3C2)c1. The van der Waals surface area contributed by atoms with Gasteiger partial charge in [-0.05, 0) is 30.4 Å². The number of carbonyl (C=O) groups is 4. The van der Waals surface area contributed by atoms with Crippen LogP contribution in [-0.2, 0) is 23.9 Å². The van der Waals surface area contributed by atoms with Crippen LogP contribution in [0, 0.1) is 23.7 Å². The molecule has 158 valence electrons. The van der Waals surface area contributed by atoms with Gasteiger partial charge in [0.2, 0.25) is 11.8 Å². The Morgan fingerprint density at radius 3 is 2.33 bits per heavy atom. The number of hydrogen-bond donors (Lipinski definition) is 1. The average Bonchev–Trinajstić information content (AvgIpc) is 3.42. The fraction of sp³-hybridized carbons (Fsp3) is 0.429. The molecule has 2 aliphatic carbocycles. The van der Waals surface area contributed by atoms with Gasteiger partial charge >= 0.3 is 5.97 Å². The van der Waals surface area contributed by atoms with Crippen molar-refractivity contribution in [2.45, 2.75) is 6.42 Å². The van der Waals surface area contributed by atoms with Crippen LogP contribution in [0.1, 0.15) is 6.42 Å². The molecule has 1 N–H and O–H groups in total. The predicted molar refractivity (Wildman–Crippen MR) is 104 cm³/mol. The molecule has 1 heterocycles. The number of nitrogens with zero attached hydrogens (tertiary/aromatic N) is 1. The zero-order valence-electron chi connectivity index (χ0n) is 16.6. The van der Waals surface area contributed by atoms with Gasteiger partial charge in [-0.15, -0.1) is 0 Å². The number of benzene rings is 1. The lowest BCUT2D eigenvalue weighted by atomic mass is 9.85. The molecule has 0 radical (unpaired) electrons. The monoisotopic (exact) mass is 414 g/mol. The lowest BCUT2D eigenvalue weighted by Crippen LogP contribution is -2.38. The molecule has 2 fully saturated rings. The van der Waals surface area contributed by atoms with Gasteiger partial charge in [-0.2, -0.15) is 0 Å². The summed E-state index contributed by atoms with van der Waals surface area (Å²) in [5.74, 6) is -1.73. The number of esters is 1. The van der Waals surface area contributed by atoms with Gasteiger partial charge in [0.05, 0.1) is 31.7 Å². The third-order valence-electron chi connectivity index (χ3n) is 5.89. The molecule has 4 rings (SSSR count). The highest BCUT2D eigenvalue weighted by molar-refractivity contribution is 6.08. The first-order valence-corrected chi connectivity index (χ1v) is 9.64. The Morgan fingerprint density at radius 1 is 1.07 bits per heavy atom. The molecule has 2 bridgehead atoms. The van der Waals surface area contributed by atoms with E-state index in [1.54, 1.807) is 18.2 Å². The maximum absolute atomic E-state index is 12.6. The molecular formula is C21H22N2O7. The quantitative estimate of drug-likeness (QED) is 0.402. The van der Waals surface area contributed by atoms with Crippen molar-refractivity contribution >= 4 is 29.4 Å². The van der Waals surface area contributed by atoms with Gasteiger partial charge in [0.15, 0.2) is 6.61 Å². The summed E-state index contributed by atoms with van der Waals surface area (Å²) in [6, 6.07) is 4.88. The van der Waals surface area contributed by atoms with Crippen LogP contribution < -0.4 is 14.8 Å². The van der Waals surface area contributed by atoms with Crippen LogP contribution in [0.25, 0.3) is 0 Å². The number of nitrogens with one attached hydrogen (secondary N) is 1. The second-order valence-corrected chi connectivity index (χ2v) is 7.54. The van der Waals surface area contributed by atoms with E-state index in [1.165, 1.54) is 14.2 Å². The fourth-order valence-electron chi connectivity index (χ4n) is 4.54. The normalized spacial score (nSPS) is 26.0. The lowest BCUT2D eigenvalue weighted by Gasteiger charge is -2.16. The Balaban J connectivity index is 1.31. The molecule has 4 atom stereocenters. The number of carbonyl (C=O) groups excluding carboxylic acids is 4. The number of fused-ring (bicyclic) bond motifs is 5. The first-order valence-electron chi connectivity index (χ1n) is 9.64. The number of anilines is 1. The smallest absolute Gasteiger partial charge is 0.326 e. The molecule has 1 aromatic carbocycles. The minimum atomic E-state index is -0.815. The number of likely N-dealkylation sites (tertiary alicyclic amines) is 1. The molecular weight excluding hydrogens is 392 g/mol. The second kappa shape index (κ2) is 7.81. The van der Waals surface area contributed by atoms with E-state index in [1.807, 2.05) is 12.2 Å². The van der Waals surface area contributed by atoms with Gasteiger partial charge < -0.3 is 19.5 Å². The minimum Gasteiger partial charge on any atom is -0.497 e. The van der Waals surface area contributed by atoms with E-state index in [-0.39, 0.29) is 35.5 Å². The summed E-state index contributed by atoms with van der Waals surface area (Å²) in [7, 11) is 2.95. The first-order chi connectivity index (χ1) is 14.4. The maximum Gasteiger partial charge on any atom is 0.326 e. The Hall–Kier alpha value is -3.36. The van der Waals surface area contributed by atoms with Gasteiger partial charge in [0.25, 0.3) is 5.91 Å². The van der Waals surface area contributed by atoms with Crippen molar-refractivity contribution < 1.29 is 33.4 Å². The van der Waals surface area contributed by atoms with Gasteiger partial charge in [-0.1, -0.05) is 12.2 Å². The van der Waals surface area contributed by atoms with E-state index in [4.69, 9.17) is 14.2 Å². The average molecular weight is 414 g/mol. The molecule has 3 aliphatic rings. The largest absolute Gasteiger partial charge is 0.497 e. The van der Waals surface area contributed by atoms with Crippen LogP contribution in [0.15, 0.2) is 30.4 Å². The summed E-state index contributed by atoms with van der Waals surface area (Å²) < 4.78 is 15.3. The maximum atomic E-state index is 12.6. The minimum absolute atomic E-state index is 0.0705. The molecule has 0 unspecified atom stereocenters. The standard InChI is InChI=1S/C21H22N2O7/c1-28-13-5-6-15(29-2)14(8-13)22-16(24)10-30-17(25)9-23-20(26)18-11-3-4-12(7-11)19(18)21(23)27/h3-6,8,11-12,18-19H,7,9-10H2,1-2H3,(H,22,24)/t11-,12-,18-,19-/m0/s1. The van der Waals surface area contributed by atoms with E-state index < -0.39 is 25.0 Å². The highest BCUT2D eigenvalue weighted by atomic mass is 16.5. The summed E-state index contributed by atoms with van der Waals surface area (Å²) in [5, 5.41) is 2.58. The molecule has 0 aromatic heterocycles. The van der Waals surface area contributed by atoms with Gasteiger partial charge in [0.1, 0.15) is 18.0 Å². The summed E-state index contributed by atoms with van der Waals surface area (Å²) >= 11 is 0. The summed E-state index contributed by atoms with van der Waals surface area (Å²) in [6.07, 6.45) is 4.78. The summed E-state index contributed by atoms with van der Waals surface area (Å²) in [6.45, 7) is -1.05. The predicted octanol–water partition coefficient (Wildman–Crippen LogP) is 0.993.